The van der Waals surface area contributed by atoms with Crippen LogP contribution in [0, 0.1) is 5.82 Å². The van der Waals surface area contributed by atoms with Gasteiger partial charge in [-0.15, -0.1) is 11.3 Å². The Hall–Kier alpha value is -3.03. The minimum Gasteiger partial charge on any atom is -0.454 e. The van der Waals surface area contributed by atoms with Crippen molar-refractivity contribution in [3.05, 3.63) is 70.0 Å². The van der Waals surface area contributed by atoms with Crippen molar-refractivity contribution in [1.82, 2.24) is 14.6 Å². The normalized spacial score (nSPS) is 14.1. The van der Waals surface area contributed by atoms with Crippen molar-refractivity contribution in [3.63, 3.8) is 0 Å². The van der Waals surface area contributed by atoms with Gasteiger partial charge in [0.1, 0.15) is 11.4 Å². The molecule has 0 fully saturated rings. The number of aromatic nitrogens is 1. The molecule has 4 rings (SSSR count). The summed E-state index contributed by atoms with van der Waals surface area (Å²) < 4.78 is 83.3. The van der Waals surface area contributed by atoms with Crippen molar-refractivity contribution < 1.29 is 35.5 Å². The van der Waals surface area contributed by atoms with Crippen molar-refractivity contribution in [2.24, 2.45) is 0 Å². The standard InChI is InChI=1S/C21H17F4N3O4S2/c1-26-34(30,31)20-27-17(11-33-20)19(29)28-7-6-12-8-15(4-2-13(12)10-28)32-18-5-3-14(9-16(18)22)21(23,24)25/h2-5,8-9,11,26H,6-7,10H2,1H3. The lowest BCUT2D eigenvalue weighted by Gasteiger charge is -2.28. The SMILES string of the molecule is CNS(=O)(=O)c1nc(C(=O)N2CCc3cc(Oc4ccc(C(F)(F)F)cc4F)ccc3C2)cs1. The lowest BCUT2D eigenvalue weighted by molar-refractivity contribution is -0.137. The van der Waals surface area contributed by atoms with Crippen LogP contribution in [0.2, 0.25) is 0 Å². The highest BCUT2D eigenvalue weighted by Crippen LogP contribution is 2.34. The van der Waals surface area contributed by atoms with Crippen LogP contribution >= 0.6 is 11.3 Å². The quantitative estimate of drug-likeness (QED) is 0.515. The Labute approximate surface area is 196 Å². The first-order chi connectivity index (χ1) is 16.0. The predicted octanol–water partition coefficient (Wildman–Crippen LogP) is 4.20. The molecule has 0 aliphatic carbocycles. The first-order valence-electron chi connectivity index (χ1n) is 9.82. The zero-order valence-corrected chi connectivity index (χ0v) is 19.2. The zero-order valence-electron chi connectivity index (χ0n) is 17.5. The van der Waals surface area contributed by atoms with Gasteiger partial charge in [0.05, 0.1) is 5.56 Å². The summed E-state index contributed by atoms with van der Waals surface area (Å²) in [4.78, 5) is 18.2. The summed E-state index contributed by atoms with van der Waals surface area (Å²) in [5.74, 6) is -1.63. The Kier molecular flexibility index (Phi) is 6.36. The van der Waals surface area contributed by atoms with E-state index >= 15 is 0 Å². The molecule has 3 aromatic rings. The first kappa shape index (κ1) is 24.1. The Morgan fingerprint density at radius 2 is 1.94 bits per heavy atom. The van der Waals surface area contributed by atoms with Crippen LogP contribution < -0.4 is 9.46 Å². The van der Waals surface area contributed by atoms with Crippen LogP contribution in [0.5, 0.6) is 11.5 Å². The molecule has 1 N–H and O–H groups in total. The number of hydrogen-bond acceptors (Lipinski definition) is 6. The third kappa shape index (κ3) is 4.91. The van der Waals surface area contributed by atoms with Crippen LogP contribution in [0.15, 0.2) is 46.1 Å². The molecule has 180 valence electrons. The van der Waals surface area contributed by atoms with E-state index in [4.69, 9.17) is 4.74 Å². The molecule has 1 aromatic heterocycles. The summed E-state index contributed by atoms with van der Waals surface area (Å²) >= 11 is 0.846. The monoisotopic (exact) mass is 515 g/mol. The number of carbonyl (C=O) groups is 1. The highest BCUT2D eigenvalue weighted by atomic mass is 32.2. The van der Waals surface area contributed by atoms with Crippen molar-refractivity contribution in [1.29, 1.82) is 0 Å². The molecule has 1 amide bonds. The molecule has 0 saturated carbocycles. The molecule has 0 radical (unpaired) electrons. The number of nitrogens with one attached hydrogen (secondary N) is 1. The summed E-state index contributed by atoms with van der Waals surface area (Å²) in [6, 6.07) is 6.91. The van der Waals surface area contributed by atoms with E-state index < -0.39 is 33.5 Å². The van der Waals surface area contributed by atoms with E-state index in [1.165, 1.54) is 23.4 Å². The molecule has 2 heterocycles. The molecular formula is C21H17F4N3O4S2. The number of ether oxygens (including phenoxy) is 1. The second kappa shape index (κ2) is 8.96. The maximum atomic E-state index is 14.1. The summed E-state index contributed by atoms with van der Waals surface area (Å²) in [5.41, 5.74) is 0.562. The van der Waals surface area contributed by atoms with Gasteiger partial charge < -0.3 is 9.64 Å². The van der Waals surface area contributed by atoms with Gasteiger partial charge in [0.2, 0.25) is 4.34 Å². The first-order valence-corrected chi connectivity index (χ1v) is 12.2. The molecule has 7 nitrogen and oxygen atoms in total. The second-order valence-corrected chi connectivity index (χ2v) is 10.3. The van der Waals surface area contributed by atoms with Crippen LogP contribution in [-0.2, 0) is 29.2 Å². The molecule has 0 spiro atoms. The Bertz CT molecular complexity index is 1360. The fourth-order valence-electron chi connectivity index (χ4n) is 3.38. The lowest BCUT2D eigenvalue weighted by atomic mass is 9.99. The van der Waals surface area contributed by atoms with E-state index in [9.17, 15) is 30.8 Å². The highest BCUT2D eigenvalue weighted by Gasteiger charge is 2.31. The number of fused-ring (bicyclic) bond motifs is 1. The average Bonchev–Trinajstić information content (AvgIpc) is 3.30. The zero-order chi connectivity index (χ0) is 24.7. The van der Waals surface area contributed by atoms with Crippen LogP contribution in [-0.4, -0.2) is 37.8 Å². The number of rotatable bonds is 5. The van der Waals surface area contributed by atoms with E-state index in [2.05, 4.69) is 9.71 Å². The van der Waals surface area contributed by atoms with Crippen LogP contribution in [0.1, 0.15) is 27.2 Å². The van der Waals surface area contributed by atoms with Gasteiger partial charge in [-0.05, 0) is 54.9 Å². The van der Waals surface area contributed by atoms with Gasteiger partial charge in [-0.25, -0.2) is 22.5 Å². The summed E-state index contributed by atoms with van der Waals surface area (Å²) in [6.45, 7) is 0.574. The average molecular weight is 516 g/mol. The number of benzene rings is 2. The molecule has 0 atom stereocenters. The number of hydrogen-bond donors (Lipinski definition) is 1. The van der Waals surface area contributed by atoms with Gasteiger partial charge >= 0.3 is 6.18 Å². The minimum absolute atomic E-state index is 0.0278. The lowest BCUT2D eigenvalue weighted by Crippen LogP contribution is -2.36. The fraction of sp³-hybridized carbons (Fsp3) is 0.238. The third-order valence-electron chi connectivity index (χ3n) is 5.17. The van der Waals surface area contributed by atoms with Gasteiger partial charge in [-0.2, -0.15) is 13.2 Å². The van der Waals surface area contributed by atoms with Gasteiger partial charge in [0.15, 0.2) is 11.6 Å². The van der Waals surface area contributed by atoms with Crippen molar-refractivity contribution >= 4 is 27.3 Å². The molecule has 0 saturated heterocycles. The fourth-order valence-corrected chi connectivity index (χ4v) is 5.19. The summed E-state index contributed by atoms with van der Waals surface area (Å²) in [7, 11) is -2.49. The van der Waals surface area contributed by atoms with Gasteiger partial charge in [0, 0.05) is 18.5 Å². The Morgan fingerprint density at radius 3 is 2.62 bits per heavy atom. The van der Waals surface area contributed by atoms with Crippen LogP contribution in [0.3, 0.4) is 0 Å². The van der Waals surface area contributed by atoms with Crippen molar-refractivity contribution in [2.45, 2.75) is 23.5 Å². The second-order valence-electron chi connectivity index (χ2n) is 7.36. The van der Waals surface area contributed by atoms with Crippen molar-refractivity contribution in [3.8, 4) is 11.5 Å². The number of nitrogens with zero attached hydrogens (tertiary/aromatic N) is 2. The Morgan fingerprint density at radius 1 is 1.18 bits per heavy atom. The van der Waals surface area contributed by atoms with E-state index in [0.29, 0.717) is 19.0 Å². The minimum atomic E-state index is -4.66. The molecule has 0 bridgehead atoms. The van der Waals surface area contributed by atoms with Crippen LogP contribution in [0.25, 0.3) is 0 Å². The molecular weight excluding hydrogens is 498 g/mol. The Balaban J connectivity index is 1.47. The molecule has 1 aliphatic rings. The predicted molar refractivity (Wildman–Crippen MR) is 115 cm³/mol. The molecule has 1 aliphatic heterocycles. The largest absolute Gasteiger partial charge is 0.454 e. The van der Waals surface area contributed by atoms with E-state index in [1.807, 2.05) is 0 Å². The summed E-state index contributed by atoms with van der Waals surface area (Å²) in [6.07, 6.45) is -4.21. The van der Waals surface area contributed by atoms with Gasteiger partial charge in [0.25, 0.3) is 15.9 Å². The third-order valence-corrected chi connectivity index (χ3v) is 7.83. The number of sulfonamides is 1. The molecule has 2 aromatic carbocycles. The number of carbonyl (C=O) groups excluding carboxylic acids is 1. The van der Waals surface area contributed by atoms with Gasteiger partial charge in [-0.3, -0.25) is 4.79 Å². The number of thiazole rings is 1. The molecule has 13 heteroatoms. The summed E-state index contributed by atoms with van der Waals surface area (Å²) in [5, 5.41) is 1.39. The highest BCUT2D eigenvalue weighted by molar-refractivity contribution is 7.91. The van der Waals surface area contributed by atoms with Gasteiger partial charge in [-0.1, -0.05) is 6.07 Å². The number of halogens is 4. The maximum absolute atomic E-state index is 14.1. The number of amides is 1. The van der Waals surface area contributed by atoms with E-state index in [0.717, 1.165) is 34.6 Å². The van der Waals surface area contributed by atoms with Crippen LogP contribution in [0.4, 0.5) is 17.6 Å². The van der Waals surface area contributed by atoms with E-state index in [-0.39, 0.29) is 28.1 Å². The molecule has 34 heavy (non-hydrogen) atoms. The topological polar surface area (TPSA) is 88.6 Å². The smallest absolute Gasteiger partial charge is 0.416 e. The molecule has 0 unspecified atom stereocenters. The van der Waals surface area contributed by atoms with E-state index in [1.54, 1.807) is 12.1 Å². The number of alkyl halides is 3. The maximum Gasteiger partial charge on any atom is 0.416 e. The van der Waals surface area contributed by atoms with Crippen molar-refractivity contribution in [2.75, 3.05) is 13.6 Å².